The monoisotopic (exact) mass is 2000 g/mol. The third-order valence-corrected chi connectivity index (χ3v) is 27.3. The highest BCUT2D eigenvalue weighted by Crippen LogP contribution is 2.39. The molecular weight excluding hydrogens is 1870 g/mol. The smallest absolute Gasteiger partial charge is 0.266 e. The van der Waals surface area contributed by atoms with Crippen LogP contribution in [0.15, 0.2) is 213 Å². The third kappa shape index (κ3) is 28.5. The van der Waals surface area contributed by atoms with Crippen LogP contribution in [0.25, 0.3) is 0 Å². The third-order valence-electron chi connectivity index (χ3n) is 27.3. The van der Waals surface area contributed by atoms with E-state index in [2.05, 4.69) is 184 Å². The van der Waals surface area contributed by atoms with Crippen molar-refractivity contribution in [3.63, 3.8) is 0 Å². The summed E-state index contributed by atoms with van der Waals surface area (Å²) in [4.78, 5) is 120. The standard InChI is InChI=1S/C27H26N4O.C24H29N5O.C23H22F2N4O.C23H28N4O.C21H26F2N4O/c28-27-23(9-4-16-29-27)26(32)25-21(13-12-19-10-11-19)14-15-24(30-25)31-17-5-8-22(18-31)20-6-2-1-3-7-20;1-16(2)14-19-15-29(13-12-26-19)21-10-9-18(8-7-17-5-6-17)22(28-21)23(30)20-4-3-11-27-24(20)25;24-22(25)17-10-11-19(28-20(17)21(30)18-9-4-12-27-23(18)26)29-13-5-8-16(14-29)15-6-2-1-3-7-15;1-4-7-18-10-11-20(27-13-6-8-17(15-27)14-16(2)3)26-21(18)22(28)19-9-5-12-25-23(19)24;1-13(2)11-14-5-4-10-27(12-14)17-8-7-15(20(22)23)18(26-17)19(28)16-6-3-9-25-21(16)24/h1-4,6-7,9,14-16,19,22H,5,8,10-11,17-18H2,(H2,28,29);3-4,9-11,16-17,19,26H,5-6,12-15H2,1-2H3,(H2,25,27);1-4,6-7,9-12,16,22H,5,8,13-14H2,(H2,26,27);5,9-12,16-17H,6,8,13-15H2,1-3H3,(H2,24,25);3,6-9,13-14,20H,4-5,10-12H2,1-2H3,(H2,24,25)/t;19-;;17-;14-/m.0.00/s1. The van der Waals surface area contributed by atoms with E-state index in [-0.39, 0.29) is 74.5 Å². The molecular formula is C118H131F4N21O5. The van der Waals surface area contributed by atoms with Gasteiger partial charge in [-0.3, -0.25) is 24.0 Å². The predicted octanol–water partition coefficient (Wildman–Crippen LogP) is 20.3. The maximum atomic E-state index is 13.6. The summed E-state index contributed by atoms with van der Waals surface area (Å²) in [5.41, 5.74) is 35.0. The van der Waals surface area contributed by atoms with Crippen LogP contribution in [0.3, 0.4) is 0 Å². The normalized spacial score (nSPS) is 17.5. The first-order valence-electron chi connectivity index (χ1n) is 51.5. The van der Waals surface area contributed by atoms with Gasteiger partial charge in [0.05, 0.1) is 44.5 Å². The number of halogens is 4. The van der Waals surface area contributed by atoms with Gasteiger partial charge in [-0.2, -0.15) is 0 Å². The number of ketones is 5. The van der Waals surface area contributed by atoms with E-state index < -0.39 is 30.0 Å². The SMILES string of the molecule is CC#Cc1ccc(N2CCC[C@@H](CC(C)C)C2)nc1C(=O)c1cccnc1N.CC(C)C[C@@H]1CCCN(c2ccc(C(F)F)c(C(=O)c3cccnc3N)n2)C1.CC(C)C[C@H]1CN(c2ccc(C#CC3CC3)c(C(=O)c3cccnc3N)n2)CCN1.Nc1ncccc1C(=O)c1nc(N2CCCC(c3ccccc3)C2)ccc1C#CC1CC1.Nc1ncccc1C(=O)c1nc(N2CCCC(c3ccccc3)C2)ccc1C(F)F. The first-order chi connectivity index (χ1) is 71.6. The Hall–Kier alpha value is -15.4. The zero-order valence-corrected chi connectivity index (χ0v) is 85.2. The van der Waals surface area contributed by atoms with E-state index in [9.17, 15) is 41.5 Å². The van der Waals surface area contributed by atoms with E-state index in [0.717, 1.165) is 166 Å². The number of alkyl halides is 4. The van der Waals surface area contributed by atoms with E-state index in [4.69, 9.17) is 43.6 Å². The molecule has 2 aromatic carbocycles. The number of aromatic nitrogens is 10. The van der Waals surface area contributed by atoms with Crippen LogP contribution in [-0.4, -0.2) is 157 Å². The van der Waals surface area contributed by atoms with Crippen molar-refractivity contribution in [1.82, 2.24) is 55.2 Å². The lowest BCUT2D eigenvalue weighted by Gasteiger charge is -2.35. The molecule has 2 aliphatic carbocycles. The van der Waals surface area contributed by atoms with Gasteiger partial charge in [-0.05, 0) is 265 Å². The quantitative estimate of drug-likeness (QED) is 0.0176. The summed E-state index contributed by atoms with van der Waals surface area (Å²) in [5.74, 6) is 25.8. The highest BCUT2D eigenvalue weighted by Gasteiger charge is 2.35. The van der Waals surface area contributed by atoms with E-state index in [1.807, 2.05) is 54.6 Å². The molecule has 0 radical (unpaired) electrons. The summed E-state index contributed by atoms with van der Waals surface area (Å²) in [5, 5.41) is 3.59. The van der Waals surface area contributed by atoms with Gasteiger partial charge in [-0.25, -0.2) is 67.4 Å². The average molecular weight is 2000 g/mol. The number of rotatable bonds is 25. The number of anilines is 10. The van der Waals surface area contributed by atoms with Crippen molar-refractivity contribution >= 4 is 87.1 Å². The van der Waals surface area contributed by atoms with Gasteiger partial charge in [-0.1, -0.05) is 132 Å². The molecule has 2 saturated carbocycles. The van der Waals surface area contributed by atoms with Crippen molar-refractivity contribution in [2.75, 3.05) is 125 Å². The Labute approximate surface area is 864 Å². The molecule has 2 unspecified atom stereocenters. The Kier molecular flexibility index (Phi) is 36.9. The summed E-state index contributed by atoms with van der Waals surface area (Å²) >= 11 is 0. The second-order valence-corrected chi connectivity index (χ2v) is 40.1. The first kappa shape index (κ1) is 107. The van der Waals surface area contributed by atoms with Crippen molar-refractivity contribution in [2.24, 2.45) is 41.4 Å². The molecule has 5 atom stereocenters. The molecule has 0 spiro atoms. The van der Waals surface area contributed by atoms with Crippen LogP contribution in [0.1, 0.15) is 289 Å². The Balaban J connectivity index is 0.000000139. The van der Waals surface area contributed by atoms with Gasteiger partial charge in [0.25, 0.3) is 12.9 Å². The summed E-state index contributed by atoms with van der Waals surface area (Å²) in [6.45, 7) is 24.6. The van der Waals surface area contributed by atoms with Gasteiger partial charge < -0.3 is 58.5 Å². The minimum Gasteiger partial charge on any atom is -0.383 e. The molecule has 0 bridgehead atoms. The van der Waals surface area contributed by atoms with Gasteiger partial charge in [0.2, 0.25) is 28.9 Å². The maximum absolute atomic E-state index is 13.6. The first-order valence-corrected chi connectivity index (χ1v) is 51.5. The Morgan fingerprint density at radius 1 is 0.338 bits per heavy atom. The minimum absolute atomic E-state index is 0.00275. The number of benzene rings is 2. The lowest BCUT2D eigenvalue weighted by molar-refractivity contribution is 0.101. The van der Waals surface area contributed by atoms with Crippen LogP contribution in [0, 0.1) is 76.9 Å². The topological polar surface area (TPSA) is 373 Å². The molecule has 7 aliphatic rings. The summed E-state index contributed by atoms with van der Waals surface area (Å²) in [7, 11) is 0. The van der Waals surface area contributed by atoms with Gasteiger partial charge in [0.15, 0.2) is 0 Å². The van der Waals surface area contributed by atoms with E-state index in [0.29, 0.717) is 128 Å². The summed E-state index contributed by atoms with van der Waals surface area (Å²) in [6, 6.07) is 55.0. The Morgan fingerprint density at radius 3 is 0.946 bits per heavy atom. The van der Waals surface area contributed by atoms with Gasteiger partial charge in [-0.15, -0.1) is 5.92 Å². The van der Waals surface area contributed by atoms with Crippen LogP contribution in [0.5, 0.6) is 0 Å². The van der Waals surface area contributed by atoms with E-state index in [1.54, 1.807) is 86.2 Å². The second-order valence-electron chi connectivity index (χ2n) is 40.1. The van der Waals surface area contributed by atoms with Gasteiger partial charge >= 0.3 is 0 Å². The number of nitrogen functional groups attached to an aromatic ring is 5. The lowest BCUT2D eigenvalue weighted by atomic mass is 9.89. The summed E-state index contributed by atoms with van der Waals surface area (Å²) in [6.07, 6.45) is 18.8. The number of nitrogens with one attached hydrogen (secondary N) is 1. The molecule has 10 aromatic heterocycles. The number of hydrogen-bond donors (Lipinski definition) is 6. The average Bonchev–Trinajstić information content (AvgIpc) is 1.56. The zero-order chi connectivity index (χ0) is 104. The largest absolute Gasteiger partial charge is 0.383 e. The molecule has 7 fully saturated rings. The van der Waals surface area contributed by atoms with Gasteiger partial charge in [0, 0.05) is 144 Å². The van der Waals surface area contributed by atoms with Crippen molar-refractivity contribution < 1.29 is 41.5 Å². The molecule has 15 heterocycles. The Morgan fingerprint density at radius 2 is 0.635 bits per heavy atom. The molecule has 26 nitrogen and oxygen atoms in total. The number of pyridine rings is 10. The fourth-order valence-electron chi connectivity index (χ4n) is 19.7. The maximum Gasteiger partial charge on any atom is 0.266 e. The number of nitrogens with zero attached hydrogens (tertiary/aromatic N) is 15. The van der Waals surface area contributed by atoms with E-state index >= 15 is 0 Å². The fourth-order valence-corrected chi connectivity index (χ4v) is 19.7. The lowest BCUT2D eigenvalue weighted by Crippen LogP contribution is -2.51. The molecule has 11 N–H and O–H groups in total. The van der Waals surface area contributed by atoms with Crippen LogP contribution >= 0.6 is 0 Å². The number of carbonyl (C=O) groups is 5. The van der Waals surface area contributed by atoms with Crippen molar-refractivity contribution in [3.8, 4) is 35.5 Å². The number of carbonyl (C=O) groups excluding carboxylic acids is 5. The molecule has 19 rings (SSSR count). The van der Waals surface area contributed by atoms with Crippen LogP contribution in [-0.2, 0) is 0 Å². The molecule has 5 saturated heterocycles. The van der Waals surface area contributed by atoms with E-state index in [1.165, 1.54) is 60.6 Å². The number of nitrogens with two attached hydrogens (primary N) is 5. The molecule has 148 heavy (non-hydrogen) atoms. The van der Waals surface area contributed by atoms with Gasteiger partial charge in [0.1, 0.15) is 86.6 Å². The molecule has 0 amide bonds. The highest BCUT2D eigenvalue weighted by molar-refractivity contribution is 6.15. The molecule has 766 valence electrons. The number of hydrogen-bond acceptors (Lipinski definition) is 26. The fraction of sp³-hybridized carbons (Fsp3) is 0.381. The predicted molar refractivity (Wildman–Crippen MR) is 577 cm³/mol. The highest BCUT2D eigenvalue weighted by atomic mass is 19.3. The van der Waals surface area contributed by atoms with Crippen LogP contribution in [0.2, 0.25) is 0 Å². The van der Waals surface area contributed by atoms with Crippen LogP contribution in [0.4, 0.5) is 75.7 Å². The zero-order valence-electron chi connectivity index (χ0n) is 85.2. The Bertz CT molecular complexity index is 6850. The summed E-state index contributed by atoms with van der Waals surface area (Å²) < 4.78 is 54.3. The number of piperidine rings is 4. The minimum atomic E-state index is -2.82. The second kappa shape index (κ2) is 51.1. The van der Waals surface area contributed by atoms with Crippen molar-refractivity contribution in [1.29, 1.82) is 0 Å². The van der Waals surface area contributed by atoms with Crippen molar-refractivity contribution in [2.45, 2.75) is 176 Å². The number of piperazine rings is 1. The molecule has 5 aliphatic heterocycles. The molecule has 30 heteroatoms. The van der Waals surface area contributed by atoms with Crippen LogP contribution < -0.4 is 58.5 Å². The molecule has 12 aromatic rings. The van der Waals surface area contributed by atoms with Crippen molar-refractivity contribution in [3.05, 3.63) is 308 Å².